The van der Waals surface area contributed by atoms with Crippen LogP contribution in [0, 0.1) is 0 Å². The Bertz CT molecular complexity index is 674. The molecule has 1 aromatic carbocycles. The molecule has 1 aromatic rings. The molecule has 0 aromatic heterocycles. The summed E-state index contributed by atoms with van der Waals surface area (Å²) >= 11 is 0. The first kappa shape index (κ1) is 15.3. The summed E-state index contributed by atoms with van der Waals surface area (Å²) in [4.78, 5) is 39.4. The maximum absolute atomic E-state index is 12.3. The predicted molar refractivity (Wildman–Crippen MR) is 80.8 cm³/mol. The van der Waals surface area contributed by atoms with Crippen LogP contribution in [0.25, 0.3) is 0 Å². The van der Waals surface area contributed by atoms with Crippen molar-refractivity contribution in [1.82, 2.24) is 4.90 Å². The number of ether oxygens (including phenoxy) is 2. The minimum Gasteiger partial charge on any atom is -0.467 e. The van der Waals surface area contributed by atoms with Crippen LogP contribution < -0.4 is 4.90 Å². The van der Waals surface area contributed by atoms with Gasteiger partial charge in [-0.05, 0) is 18.1 Å². The SMILES string of the molecule is COC(=O)C1C[C@H]2c3ccccc3N(C(C)=O)[C@H]2N1C(=O)OC. The number of carbonyl (C=O) groups excluding carboxylic acids is 3. The molecule has 3 rings (SSSR count). The maximum Gasteiger partial charge on any atom is 0.411 e. The number of benzene rings is 1. The second-order valence-electron chi connectivity index (χ2n) is 5.62. The molecule has 0 N–H and O–H groups in total. The molecule has 122 valence electrons. The minimum absolute atomic E-state index is 0.140. The number of fused-ring (bicyclic) bond motifs is 3. The summed E-state index contributed by atoms with van der Waals surface area (Å²) in [6.07, 6.45) is -0.818. The van der Waals surface area contributed by atoms with Crippen molar-refractivity contribution in [3.8, 4) is 0 Å². The summed E-state index contributed by atoms with van der Waals surface area (Å²) < 4.78 is 9.65. The average Bonchev–Trinajstić information content (AvgIpc) is 3.07. The zero-order valence-corrected chi connectivity index (χ0v) is 13.2. The fourth-order valence-corrected chi connectivity index (χ4v) is 3.65. The molecule has 2 amide bonds. The monoisotopic (exact) mass is 318 g/mol. The molecule has 2 heterocycles. The quantitative estimate of drug-likeness (QED) is 0.733. The van der Waals surface area contributed by atoms with Gasteiger partial charge in [0.05, 0.1) is 14.2 Å². The molecule has 1 saturated heterocycles. The topological polar surface area (TPSA) is 76.2 Å². The highest BCUT2D eigenvalue weighted by Gasteiger charge is 2.56. The molecule has 2 aliphatic heterocycles. The van der Waals surface area contributed by atoms with Crippen molar-refractivity contribution in [2.45, 2.75) is 31.5 Å². The molecule has 3 atom stereocenters. The molecular weight excluding hydrogens is 300 g/mol. The Morgan fingerprint density at radius 3 is 2.43 bits per heavy atom. The Morgan fingerprint density at radius 2 is 1.83 bits per heavy atom. The molecule has 1 unspecified atom stereocenters. The van der Waals surface area contributed by atoms with Crippen LogP contribution in [0.1, 0.15) is 24.8 Å². The highest BCUT2D eigenvalue weighted by Crippen LogP contribution is 2.50. The van der Waals surface area contributed by atoms with Crippen molar-refractivity contribution in [2.24, 2.45) is 0 Å². The number of hydrogen-bond acceptors (Lipinski definition) is 5. The molecule has 0 saturated carbocycles. The smallest absolute Gasteiger partial charge is 0.411 e. The number of methoxy groups -OCH3 is 2. The van der Waals surface area contributed by atoms with Gasteiger partial charge in [-0.1, -0.05) is 18.2 Å². The summed E-state index contributed by atoms with van der Waals surface area (Å²) in [6.45, 7) is 1.44. The molecule has 1 fully saturated rings. The third-order valence-electron chi connectivity index (χ3n) is 4.52. The molecule has 0 aliphatic carbocycles. The van der Waals surface area contributed by atoms with Crippen LogP contribution in [0.4, 0.5) is 10.5 Å². The van der Waals surface area contributed by atoms with Crippen LogP contribution in [0.3, 0.4) is 0 Å². The summed E-state index contributed by atoms with van der Waals surface area (Å²) in [5.74, 6) is -0.839. The van der Waals surface area contributed by atoms with E-state index < -0.39 is 24.3 Å². The molecule has 23 heavy (non-hydrogen) atoms. The number of hydrogen-bond donors (Lipinski definition) is 0. The van der Waals surface area contributed by atoms with E-state index in [0.29, 0.717) is 6.42 Å². The highest BCUT2D eigenvalue weighted by molar-refractivity contribution is 5.97. The highest BCUT2D eigenvalue weighted by atomic mass is 16.5. The van der Waals surface area contributed by atoms with Gasteiger partial charge in [-0.15, -0.1) is 0 Å². The summed E-state index contributed by atoms with van der Waals surface area (Å²) in [5, 5.41) is 0. The van der Waals surface area contributed by atoms with Gasteiger partial charge < -0.3 is 9.47 Å². The van der Waals surface area contributed by atoms with Crippen molar-refractivity contribution in [2.75, 3.05) is 19.1 Å². The number of rotatable bonds is 1. The standard InChI is InChI=1S/C16H18N2O5/c1-9(19)17-12-7-5-4-6-10(12)11-8-13(15(20)22-2)18(14(11)17)16(21)23-3/h4-7,11,13-14H,8H2,1-3H3/t11-,13?,14-/m0/s1. The number of nitrogens with zero attached hydrogens (tertiary/aromatic N) is 2. The van der Waals surface area contributed by atoms with E-state index in [-0.39, 0.29) is 11.8 Å². The lowest BCUT2D eigenvalue weighted by atomic mass is 9.96. The summed E-state index contributed by atoms with van der Waals surface area (Å²) in [7, 11) is 2.53. The number of amides is 2. The van der Waals surface area contributed by atoms with Gasteiger partial charge in [0.25, 0.3) is 0 Å². The van der Waals surface area contributed by atoms with Crippen molar-refractivity contribution < 1.29 is 23.9 Å². The Hall–Kier alpha value is -2.57. The Kier molecular flexibility index (Phi) is 3.71. The molecule has 0 bridgehead atoms. The molecule has 7 nitrogen and oxygen atoms in total. The Balaban J connectivity index is 2.10. The lowest BCUT2D eigenvalue weighted by molar-refractivity contribution is -0.146. The van der Waals surface area contributed by atoms with E-state index in [4.69, 9.17) is 9.47 Å². The number of para-hydroxylation sites is 1. The van der Waals surface area contributed by atoms with E-state index in [1.54, 1.807) is 4.90 Å². The molecule has 0 radical (unpaired) electrons. The zero-order valence-electron chi connectivity index (χ0n) is 13.2. The second kappa shape index (κ2) is 5.57. The predicted octanol–water partition coefficient (Wildman–Crippen LogP) is 1.48. The molecule has 7 heteroatoms. The summed E-state index contributed by atoms with van der Waals surface area (Å²) in [6, 6.07) is 6.73. The lowest BCUT2D eigenvalue weighted by Crippen LogP contribution is -2.53. The second-order valence-corrected chi connectivity index (χ2v) is 5.62. The molecule has 2 aliphatic rings. The van der Waals surface area contributed by atoms with Gasteiger partial charge in [0.1, 0.15) is 12.2 Å². The van der Waals surface area contributed by atoms with Gasteiger partial charge in [-0.2, -0.15) is 0 Å². The third-order valence-corrected chi connectivity index (χ3v) is 4.52. The average molecular weight is 318 g/mol. The fraction of sp³-hybridized carbons (Fsp3) is 0.438. The fourth-order valence-electron chi connectivity index (χ4n) is 3.65. The van der Waals surface area contributed by atoms with Crippen LogP contribution in [-0.2, 0) is 19.1 Å². The number of esters is 1. The number of anilines is 1. The van der Waals surface area contributed by atoms with E-state index in [2.05, 4.69) is 0 Å². The largest absolute Gasteiger partial charge is 0.467 e. The van der Waals surface area contributed by atoms with Crippen molar-refractivity contribution in [3.05, 3.63) is 29.8 Å². The van der Waals surface area contributed by atoms with E-state index in [1.807, 2.05) is 24.3 Å². The Morgan fingerprint density at radius 1 is 1.13 bits per heavy atom. The van der Waals surface area contributed by atoms with Gasteiger partial charge in [0.15, 0.2) is 0 Å². The van der Waals surface area contributed by atoms with Crippen molar-refractivity contribution in [1.29, 1.82) is 0 Å². The lowest BCUT2D eigenvalue weighted by Gasteiger charge is -2.33. The maximum atomic E-state index is 12.3. The van der Waals surface area contributed by atoms with Gasteiger partial charge in [-0.3, -0.25) is 14.6 Å². The van der Waals surface area contributed by atoms with E-state index in [9.17, 15) is 14.4 Å². The first-order valence-electron chi connectivity index (χ1n) is 7.34. The van der Waals surface area contributed by atoms with Crippen LogP contribution >= 0.6 is 0 Å². The van der Waals surface area contributed by atoms with Crippen LogP contribution in [0.2, 0.25) is 0 Å². The molecular formula is C16H18N2O5. The number of carbonyl (C=O) groups is 3. The van der Waals surface area contributed by atoms with Crippen molar-refractivity contribution >= 4 is 23.7 Å². The third kappa shape index (κ3) is 2.15. The normalized spacial score (nSPS) is 24.9. The van der Waals surface area contributed by atoms with Gasteiger partial charge in [0.2, 0.25) is 5.91 Å². The minimum atomic E-state index is -0.766. The van der Waals surface area contributed by atoms with Crippen LogP contribution in [0.5, 0.6) is 0 Å². The first-order chi connectivity index (χ1) is 11.0. The zero-order chi connectivity index (χ0) is 16.7. The Labute approximate surface area is 133 Å². The molecule has 0 spiro atoms. The van der Waals surface area contributed by atoms with E-state index in [0.717, 1.165) is 11.3 Å². The van der Waals surface area contributed by atoms with E-state index >= 15 is 0 Å². The van der Waals surface area contributed by atoms with E-state index in [1.165, 1.54) is 26.0 Å². The van der Waals surface area contributed by atoms with Gasteiger partial charge >= 0.3 is 12.1 Å². The summed E-state index contributed by atoms with van der Waals surface area (Å²) in [5.41, 5.74) is 1.72. The van der Waals surface area contributed by atoms with Gasteiger partial charge in [0, 0.05) is 18.5 Å². The number of likely N-dealkylation sites (tertiary alicyclic amines) is 1. The first-order valence-corrected chi connectivity index (χ1v) is 7.34. The van der Waals surface area contributed by atoms with Gasteiger partial charge in [-0.25, -0.2) is 9.59 Å². The van der Waals surface area contributed by atoms with Crippen LogP contribution in [0.15, 0.2) is 24.3 Å². The van der Waals surface area contributed by atoms with Crippen LogP contribution in [-0.4, -0.2) is 49.3 Å². The van der Waals surface area contributed by atoms with Crippen molar-refractivity contribution in [3.63, 3.8) is 0 Å².